The van der Waals surface area contributed by atoms with Gasteiger partial charge in [-0.15, -0.1) is 0 Å². The molecular weight excluding hydrogens is 208 g/mol. The number of hydrogen-bond acceptors (Lipinski definition) is 4. The van der Waals surface area contributed by atoms with Crippen molar-refractivity contribution in [2.75, 3.05) is 0 Å². The lowest BCUT2D eigenvalue weighted by atomic mass is 9.96. The highest BCUT2D eigenvalue weighted by Crippen LogP contribution is 2.40. The van der Waals surface area contributed by atoms with Gasteiger partial charge < -0.3 is 19.7 Å². The molecule has 0 aromatic heterocycles. The minimum Gasteiger partial charge on any atom is -0.386 e. The normalized spacial score (nSPS) is 50.5. The van der Waals surface area contributed by atoms with E-state index in [9.17, 15) is 10.2 Å². The number of aliphatic hydroxyl groups excluding tert-OH is 1. The summed E-state index contributed by atoms with van der Waals surface area (Å²) in [5.74, 6) is -0.828. The van der Waals surface area contributed by atoms with E-state index in [-0.39, 0.29) is 0 Å². The molecule has 80 valence electrons. The first-order valence-electron chi connectivity index (χ1n) is 4.46. The van der Waals surface area contributed by atoms with Crippen LogP contribution in [0.2, 0.25) is 0 Å². The number of ether oxygens (including phenoxy) is 2. The van der Waals surface area contributed by atoms with Crippen molar-refractivity contribution in [3.63, 3.8) is 0 Å². The Balaban J connectivity index is 2.30. The van der Waals surface area contributed by atoms with Crippen LogP contribution >= 0.6 is 11.6 Å². The number of alkyl halides is 1. The maximum Gasteiger partial charge on any atom is 0.186 e. The van der Waals surface area contributed by atoms with Crippen molar-refractivity contribution < 1.29 is 19.7 Å². The quantitative estimate of drug-likeness (QED) is 0.457. The first-order chi connectivity index (χ1) is 6.32. The van der Waals surface area contributed by atoms with Crippen LogP contribution in [0.1, 0.15) is 13.8 Å². The first kappa shape index (κ1) is 10.4. The van der Waals surface area contributed by atoms with Crippen LogP contribution in [0.15, 0.2) is 12.2 Å². The first-order valence-corrected chi connectivity index (χ1v) is 4.84. The van der Waals surface area contributed by atoms with Crippen LogP contribution in [0.5, 0.6) is 0 Å². The summed E-state index contributed by atoms with van der Waals surface area (Å²) in [7, 11) is 0. The second-order valence-electron chi connectivity index (χ2n) is 4.10. The fourth-order valence-corrected chi connectivity index (χ4v) is 2.03. The smallest absolute Gasteiger partial charge is 0.186 e. The molecule has 14 heavy (non-hydrogen) atoms. The number of halogens is 1. The van der Waals surface area contributed by atoms with Gasteiger partial charge in [0.2, 0.25) is 0 Å². The summed E-state index contributed by atoms with van der Waals surface area (Å²) in [6.45, 7) is 3.43. The lowest BCUT2D eigenvalue weighted by Gasteiger charge is -2.32. The van der Waals surface area contributed by atoms with Crippen molar-refractivity contribution in [1.82, 2.24) is 0 Å². The molecule has 0 saturated carbocycles. The van der Waals surface area contributed by atoms with E-state index in [0.29, 0.717) is 0 Å². The van der Waals surface area contributed by atoms with E-state index in [4.69, 9.17) is 21.1 Å². The molecule has 0 spiro atoms. The summed E-state index contributed by atoms with van der Waals surface area (Å²) in [5.41, 5.74) is 0. The molecule has 1 heterocycles. The maximum atomic E-state index is 9.76. The van der Waals surface area contributed by atoms with Crippen molar-refractivity contribution in [1.29, 1.82) is 0 Å². The predicted octanol–water partition coefficient (Wildman–Crippen LogP) is 0.365. The molecule has 4 nitrogen and oxygen atoms in total. The molecule has 4 atom stereocenters. The molecule has 0 bridgehead atoms. The van der Waals surface area contributed by atoms with Gasteiger partial charge in [-0.1, -0.05) is 17.7 Å². The van der Waals surface area contributed by atoms with Gasteiger partial charge in [-0.2, -0.15) is 0 Å². The third kappa shape index (κ3) is 1.57. The molecule has 1 aliphatic heterocycles. The van der Waals surface area contributed by atoms with Gasteiger partial charge in [0.05, 0.1) is 0 Å². The Hall–Kier alpha value is -0.130. The molecule has 1 saturated heterocycles. The summed E-state index contributed by atoms with van der Waals surface area (Å²) >= 11 is 5.82. The third-order valence-corrected chi connectivity index (χ3v) is 2.73. The van der Waals surface area contributed by atoms with Crippen molar-refractivity contribution in [2.24, 2.45) is 0 Å². The van der Waals surface area contributed by atoms with Gasteiger partial charge in [0.15, 0.2) is 10.8 Å². The Morgan fingerprint density at radius 1 is 1.36 bits per heavy atom. The summed E-state index contributed by atoms with van der Waals surface area (Å²) in [6.07, 6.45) is 0.599. The van der Waals surface area contributed by atoms with Gasteiger partial charge in [-0.3, -0.25) is 0 Å². The predicted molar refractivity (Wildman–Crippen MR) is 49.8 cm³/mol. The highest BCUT2D eigenvalue weighted by Gasteiger charge is 2.54. The monoisotopic (exact) mass is 220 g/mol. The Morgan fingerprint density at radius 3 is 2.57 bits per heavy atom. The number of fused-ring (bicyclic) bond motifs is 1. The van der Waals surface area contributed by atoms with Crippen molar-refractivity contribution in [2.45, 2.75) is 43.0 Å². The van der Waals surface area contributed by atoms with Crippen LogP contribution in [0.4, 0.5) is 0 Å². The van der Waals surface area contributed by atoms with Crippen LogP contribution in [0.25, 0.3) is 0 Å². The van der Waals surface area contributed by atoms with Crippen LogP contribution in [0.3, 0.4) is 0 Å². The summed E-state index contributed by atoms with van der Waals surface area (Å²) in [6, 6.07) is 0. The van der Waals surface area contributed by atoms with Gasteiger partial charge in [0.25, 0.3) is 0 Å². The van der Waals surface area contributed by atoms with E-state index in [1.165, 1.54) is 12.2 Å². The SMILES string of the molecule is CC1(C)O[C@H]2[C@H](O)C=C[C@@](O)(Cl)[C@H]2O1. The maximum absolute atomic E-state index is 9.76. The van der Waals surface area contributed by atoms with E-state index < -0.39 is 29.2 Å². The van der Waals surface area contributed by atoms with E-state index >= 15 is 0 Å². The van der Waals surface area contributed by atoms with E-state index in [2.05, 4.69) is 0 Å². The standard InChI is InChI=1S/C9H13ClO4/c1-8(2)13-6-5(11)3-4-9(10,12)7(6)14-8/h3-7,11-12H,1-2H3/t5-,6+,7+,9+/m1/s1. The van der Waals surface area contributed by atoms with Crippen LogP contribution in [0, 0.1) is 0 Å². The molecule has 0 amide bonds. The van der Waals surface area contributed by atoms with Crippen molar-refractivity contribution >= 4 is 11.6 Å². The zero-order valence-corrected chi connectivity index (χ0v) is 8.73. The second-order valence-corrected chi connectivity index (χ2v) is 4.70. The summed E-state index contributed by atoms with van der Waals surface area (Å²) < 4.78 is 10.9. The van der Waals surface area contributed by atoms with Crippen LogP contribution in [-0.2, 0) is 9.47 Å². The van der Waals surface area contributed by atoms with E-state index in [1.807, 2.05) is 0 Å². The minimum absolute atomic E-state index is 0.613. The van der Waals surface area contributed by atoms with Gasteiger partial charge in [-0.05, 0) is 19.9 Å². The highest BCUT2D eigenvalue weighted by molar-refractivity contribution is 6.24. The largest absolute Gasteiger partial charge is 0.386 e. The van der Waals surface area contributed by atoms with Crippen LogP contribution in [-0.4, -0.2) is 39.4 Å². The van der Waals surface area contributed by atoms with Gasteiger partial charge in [0.1, 0.15) is 18.3 Å². The lowest BCUT2D eigenvalue weighted by molar-refractivity contribution is -0.157. The lowest BCUT2D eigenvalue weighted by Crippen LogP contribution is -2.49. The fraction of sp³-hybridized carbons (Fsp3) is 0.778. The van der Waals surface area contributed by atoms with Gasteiger partial charge in [-0.25, -0.2) is 0 Å². The average molecular weight is 221 g/mol. The second kappa shape index (κ2) is 2.93. The highest BCUT2D eigenvalue weighted by atomic mass is 35.5. The minimum atomic E-state index is -1.60. The molecule has 0 radical (unpaired) electrons. The molecule has 2 rings (SSSR count). The van der Waals surface area contributed by atoms with E-state index in [1.54, 1.807) is 13.8 Å². The topological polar surface area (TPSA) is 58.9 Å². The third-order valence-electron chi connectivity index (χ3n) is 2.39. The van der Waals surface area contributed by atoms with Crippen molar-refractivity contribution in [3.05, 3.63) is 12.2 Å². The number of hydrogen-bond donors (Lipinski definition) is 2. The Morgan fingerprint density at radius 2 is 2.00 bits per heavy atom. The summed E-state index contributed by atoms with van der Waals surface area (Å²) in [4.78, 5) is 0. The molecule has 1 aliphatic carbocycles. The van der Waals surface area contributed by atoms with Crippen LogP contribution < -0.4 is 0 Å². The number of aliphatic hydroxyl groups is 2. The molecular formula is C9H13ClO4. The molecule has 0 aromatic rings. The Labute approximate surface area is 87.1 Å². The van der Waals surface area contributed by atoms with E-state index in [0.717, 1.165) is 0 Å². The molecule has 5 heteroatoms. The number of rotatable bonds is 0. The van der Waals surface area contributed by atoms with Crippen molar-refractivity contribution in [3.8, 4) is 0 Å². The molecule has 0 aromatic carbocycles. The zero-order chi connectivity index (χ0) is 10.6. The molecule has 0 unspecified atom stereocenters. The molecule has 1 fully saturated rings. The average Bonchev–Trinajstić information content (AvgIpc) is 2.36. The fourth-order valence-electron chi connectivity index (χ4n) is 1.79. The summed E-state index contributed by atoms with van der Waals surface area (Å²) in [5, 5.41) is 17.7. The Bertz CT molecular complexity index is 274. The van der Waals surface area contributed by atoms with Gasteiger partial charge in [0, 0.05) is 0 Å². The molecule has 2 N–H and O–H groups in total. The van der Waals surface area contributed by atoms with Gasteiger partial charge >= 0.3 is 0 Å². The zero-order valence-electron chi connectivity index (χ0n) is 7.98. The molecule has 2 aliphatic rings. The Kier molecular flexibility index (Phi) is 2.18.